The van der Waals surface area contributed by atoms with Gasteiger partial charge < -0.3 is 14.8 Å². The molecule has 2 aromatic rings. The fraction of sp³-hybridized carbons (Fsp3) is 0.188. The molecule has 0 fully saturated rings. The molecule has 0 aliphatic rings. The summed E-state index contributed by atoms with van der Waals surface area (Å²) in [6.07, 6.45) is -0.869. The van der Waals surface area contributed by atoms with Gasteiger partial charge >= 0.3 is 0 Å². The molecule has 0 unspecified atom stereocenters. The number of carbonyl (C=O) groups excluding carboxylic acids is 1. The van der Waals surface area contributed by atoms with E-state index in [1.54, 1.807) is 31.4 Å². The minimum absolute atomic E-state index is 0.0799. The number of nitrogens with one attached hydrogen (secondary N) is 1. The van der Waals surface area contributed by atoms with Crippen molar-refractivity contribution >= 4 is 11.6 Å². The monoisotopic (exact) mass is 307 g/mol. The molecule has 0 spiro atoms. The van der Waals surface area contributed by atoms with Crippen LogP contribution in [0.25, 0.3) is 0 Å². The summed E-state index contributed by atoms with van der Waals surface area (Å²) < 4.78 is 36.2. The van der Waals surface area contributed by atoms with E-state index < -0.39 is 23.6 Å². The first-order valence-corrected chi connectivity index (χ1v) is 6.56. The van der Waals surface area contributed by atoms with E-state index in [-0.39, 0.29) is 5.75 Å². The van der Waals surface area contributed by atoms with E-state index in [9.17, 15) is 13.6 Å². The highest BCUT2D eigenvalue weighted by molar-refractivity contribution is 5.94. The van der Waals surface area contributed by atoms with Crippen LogP contribution >= 0.6 is 0 Å². The third kappa shape index (κ3) is 3.94. The summed E-state index contributed by atoms with van der Waals surface area (Å²) in [5.74, 6) is -1.65. The maximum Gasteiger partial charge on any atom is 0.265 e. The van der Waals surface area contributed by atoms with Crippen LogP contribution in [0.4, 0.5) is 14.5 Å². The van der Waals surface area contributed by atoms with Crippen molar-refractivity contribution < 1.29 is 23.0 Å². The zero-order valence-corrected chi connectivity index (χ0v) is 12.1. The Bertz CT molecular complexity index is 659. The third-order valence-electron chi connectivity index (χ3n) is 2.93. The second kappa shape index (κ2) is 6.89. The summed E-state index contributed by atoms with van der Waals surface area (Å²) in [4.78, 5) is 12.0. The van der Waals surface area contributed by atoms with Gasteiger partial charge in [-0.3, -0.25) is 4.79 Å². The zero-order chi connectivity index (χ0) is 16.1. The molecular formula is C16H15F2NO3. The van der Waals surface area contributed by atoms with Crippen molar-refractivity contribution in [1.29, 1.82) is 0 Å². The van der Waals surface area contributed by atoms with Crippen LogP contribution in [0, 0.1) is 11.6 Å². The third-order valence-corrected chi connectivity index (χ3v) is 2.93. The molecule has 0 bridgehead atoms. The lowest BCUT2D eigenvalue weighted by Crippen LogP contribution is -2.30. The lowest BCUT2D eigenvalue weighted by Gasteiger charge is -2.15. The van der Waals surface area contributed by atoms with Crippen LogP contribution in [0.15, 0.2) is 42.5 Å². The zero-order valence-electron chi connectivity index (χ0n) is 12.1. The van der Waals surface area contributed by atoms with Gasteiger partial charge in [0.05, 0.1) is 7.11 Å². The highest BCUT2D eigenvalue weighted by Gasteiger charge is 2.16. The lowest BCUT2D eigenvalue weighted by molar-refractivity contribution is -0.122. The van der Waals surface area contributed by atoms with E-state index in [4.69, 9.17) is 9.47 Å². The molecule has 0 aliphatic heterocycles. The van der Waals surface area contributed by atoms with Crippen molar-refractivity contribution in [3.05, 3.63) is 54.1 Å². The van der Waals surface area contributed by atoms with Crippen molar-refractivity contribution in [3.63, 3.8) is 0 Å². The quantitative estimate of drug-likeness (QED) is 0.921. The van der Waals surface area contributed by atoms with Gasteiger partial charge in [-0.25, -0.2) is 8.78 Å². The molecule has 22 heavy (non-hydrogen) atoms. The highest BCUT2D eigenvalue weighted by atomic mass is 19.2. The molecule has 0 saturated heterocycles. The molecule has 1 N–H and O–H groups in total. The number of hydrogen-bond acceptors (Lipinski definition) is 3. The predicted molar refractivity (Wildman–Crippen MR) is 78.1 cm³/mol. The minimum atomic E-state index is -1.03. The van der Waals surface area contributed by atoms with E-state index in [1.165, 1.54) is 13.0 Å². The smallest absolute Gasteiger partial charge is 0.265 e. The van der Waals surface area contributed by atoms with E-state index in [1.807, 2.05) is 0 Å². The van der Waals surface area contributed by atoms with Gasteiger partial charge in [-0.05, 0) is 43.3 Å². The van der Waals surface area contributed by atoms with Crippen LogP contribution in [0.3, 0.4) is 0 Å². The molecule has 0 radical (unpaired) electrons. The van der Waals surface area contributed by atoms with Gasteiger partial charge in [0, 0.05) is 11.8 Å². The van der Waals surface area contributed by atoms with Gasteiger partial charge in [0.2, 0.25) is 0 Å². The Balaban J connectivity index is 1.97. The van der Waals surface area contributed by atoms with Crippen molar-refractivity contribution in [2.24, 2.45) is 0 Å². The molecule has 0 saturated carbocycles. The molecule has 4 nitrogen and oxygen atoms in total. The van der Waals surface area contributed by atoms with E-state index in [0.717, 1.165) is 12.1 Å². The molecule has 116 valence electrons. The number of ether oxygens (including phenoxy) is 2. The summed E-state index contributed by atoms with van der Waals surface area (Å²) in [5, 5.41) is 2.65. The van der Waals surface area contributed by atoms with Crippen LogP contribution in [0.2, 0.25) is 0 Å². The van der Waals surface area contributed by atoms with E-state index in [2.05, 4.69) is 5.32 Å². The van der Waals surface area contributed by atoms with Gasteiger partial charge in [0.1, 0.15) is 11.5 Å². The molecule has 2 aromatic carbocycles. The van der Waals surface area contributed by atoms with Crippen LogP contribution in [-0.4, -0.2) is 19.1 Å². The number of anilines is 1. The topological polar surface area (TPSA) is 47.6 Å². The first-order valence-electron chi connectivity index (χ1n) is 6.56. The Hall–Kier alpha value is -2.63. The first kappa shape index (κ1) is 15.8. The molecular weight excluding hydrogens is 292 g/mol. The van der Waals surface area contributed by atoms with Crippen LogP contribution < -0.4 is 14.8 Å². The summed E-state index contributed by atoms with van der Waals surface area (Å²) >= 11 is 0. The van der Waals surface area contributed by atoms with Crippen molar-refractivity contribution in [1.82, 2.24) is 0 Å². The van der Waals surface area contributed by atoms with Gasteiger partial charge in [-0.2, -0.15) is 0 Å². The maximum atomic E-state index is 13.1. The maximum absolute atomic E-state index is 13.1. The molecule has 2 rings (SSSR count). The van der Waals surface area contributed by atoms with Crippen molar-refractivity contribution in [2.75, 3.05) is 12.4 Å². The number of carbonyl (C=O) groups is 1. The number of rotatable bonds is 5. The summed E-state index contributed by atoms with van der Waals surface area (Å²) in [6.45, 7) is 1.51. The normalized spacial score (nSPS) is 11.6. The Kier molecular flexibility index (Phi) is 4.93. The molecule has 6 heteroatoms. The van der Waals surface area contributed by atoms with Gasteiger partial charge in [0.15, 0.2) is 17.7 Å². The minimum Gasteiger partial charge on any atom is -0.497 e. The van der Waals surface area contributed by atoms with Crippen LogP contribution in [0.5, 0.6) is 11.5 Å². The molecule has 0 aliphatic carbocycles. The second-order valence-electron chi connectivity index (χ2n) is 4.55. The molecule has 1 atom stereocenters. The molecule has 0 heterocycles. The summed E-state index contributed by atoms with van der Waals surface area (Å²) in [5.41, 5.74) is 0.575. The molecule has 0 aromatic heterocycles. The molecule has 1 amide bonds. The number of halogens is 2. The Labute approximate surface area is 126 Å². The lowest BCUT2D eigenvalue weighted by atomic mass is 10.2. The fourth-order valence-corrected chi connectivity index (χ4v) is 1.73. The second-order valence-corrected chi connectivity index (χ2v) is 4.55. The predicted octanol–water partition coefficient (Wildman–Crippen LogP) is 3.38. The largest absolute Gasteiger partial charge is 0.497 e. The van der Waals surface area contributed by atoms with Crippen molar-refractivity contribution in [2.45, 2.75) is 13.0 Å². The van der Waals surface area contributed by atoms with Crippen molar-refractivity contribution in [3.8, 4) is 11.5 Å². The van der Waals surface area contributed by atoms with Gasteiger partial charge in [-0.1, -0.05) is 0 Å². The Morgan fingerprint density at radius 3 is 2.27 bits per heavy atom. The average molecular weight is 307 g/mol. The summed E-state index contributed by atoms with van der Waals surface area (Å²) in [7, 11) is 1.55. The Morgan fingerprint density at radius 1 is 1.05 bits per heavy atom. The first-order chi connectivity index (χ1) is 10.5. The SMILES string of the molecule is COc1ccc(NC(=O)[C@H](C)Oc2ccc(F)c(F)c2)cc1. The van der Waals surface area contributed by atoms with E-state index >= 15 is 0 Å². The average Bonchev–Trinajstić information content (AvgIpc) is 2.51. The highest BCUT2D eigenvalue weighted by Crippen LogP contribution is 2.18. The Morgan fingerprint density at radius 2 is 1.68 bits per heavy atom. The number of hydrogen-bond donors (Lipinski definition) is 1. The van der Waals surface area contributed by atoms with Gasteiger partial charge in [-0.15, -0.1) is 0 Å². The number of amides is 1. The fourth-order valence-electron chi connectivity index (χ4n) is 1.73. The van der Waals surface area contributed by atoms with E-state index in [0.29, 0.717) is 11.4 Å². The van der Waals surface area contributed by atoms with Crippen LogP contribution in [-0.2, 0) is 4.79 Å². The summed E-state index contributed by atoms with van der Waals surface area (Å²) in [6, 6.07) is 9.87. The van der Waals surface area contributed by atoms with Crippen LogP contribution in [0.1, 0.15) is 6.92 Å². The number of methoxy groups -OCH3 is 1. The van der Waals surface area contributed by atoms with Gasteiger partial charge in [0.25, 0.3) is 5.91 Å². The number of benzene rings is 2. The standard InChI is InChI=1S/C16H15F2NO3/c1-10(22-13-7-8-14(17)15(18)9-13)16(20)19-11-3-5-12(21-2)6-4-11/h3-10H,1-2H3,(H,19,20)/t10-/m0/s1.